The zero-order valence-corrected chi connectivity index (χ0v) is 13.7. The Labute approximate surface area is 126 Å². The maximum Gasteiger partial charge on any atom is 0.236 e. The van der Waals surface area contributed by atoms with Crippen LogP contribution in [0, 0.1) is 12.8 Å². The molecule has 114 valence electrons. The summed E-state index contributed by atoms with van der Waals surface area (Å²) in [5.41, 5.74) is 1.75. The van der Waals surface area contributed by atoms with E-state index in [4.69, 9.17) is 11.6 Å². The Bertz CT molecular complexity index is 456. The molecular formula is C14H25ClN4O. The maximum absolute atomic E-state index is 11.9. The van der Waals surface area contributed by atoms with E-state index >= 15 is 0 Å². The lowest BCUT2D eigenvalue weighted by molar-refractivity contribution is -0.122. The van der Waals surface area contributed by atoms with Gasteiger partial charge in [-0.1, -0.05) is 25.4 Å². The van der Waals surface area contributed by atoms with Crippen molar-refractivity contribution in [2.75, 3.05) is 6.54 Å². The van der Waals surface area contributed by atoms with Crippen molar-refractivity contribution in [1.29, 1.82) is 0 Å². The van der Waals surface area contributed by atoms with Crippen LogP contribution in [0.15, 0.2) is 0 Å². The highest BCUT2D eigenvalue weighted by molar-refractivity contribution is 6.31. The molecule has 1 heterocycles. The second-order valence-electron chi connectivity index (χ2n) is 5.40. The van der Waals surface area contributed by atoms with Gasteiger partial charge in [-0.2, -0.15) is 5.10 Å². The van der Waals surface area contributed by atoms with E-state index in [9.17, 15) is 4.79 Å². The first-order chi connectivity index (χ1) is 9.36. The fraction of sp³-hybridized carbons (Fsp3) is 0.714. The summed E-state index contributed by atoms with van der Waals surface area (Å²) in [5, 5.41) is 11.1. The number of hydrogen-bond acceptors (Lipinski definition) is 3. The third-order valence-electron chi connectivity index (χ3n) is 3.11. The fourth-order valence-electron chi connectivity index (χ4n) is 1.84. The third kappa shape index (κ3) is 4.49. The topological polar surface area (TPSA) is 59.0 Å². The molecule has 1 aromatic heterocycles. The summed E-state index contributed by atoms with van der Waals surface area (Å²) >= 11 is 6.23. The molecule has 1 amide bonds. The average molecular weight is 301 g/mol. The Morgan fingerprint density at radius 3 is 2.60 bits per heavy atom. The van der Waals surface area contributed by atoms with Gasteiger partial charge in [0.15, 0.2) is 0 Å². The summed E-state index contributed by atoms with van der Waals surface area (Å²) in [6.07, 6.45) is 0. The Kier molecular flexibility index (Phi) is 6.49. The molecule has 0 aliphatic rings. The van der Waals surface area contributed by atoms with Gasteiger partial charge < -0.3 is 10.6 Å². The number of halogens is 1. The van der Waals surface area contributed by atoms with Gasteiger partial charge in [-0.15, -0.1) is 0 Å². The van der Waals surface area contributed by atoms with Crippen molar-refractivity contribution in [3.8, 4) is 0 Å². The molecule has 1 aromatic rings. The number of nitrogens with one attached hydrogen (secondary N) is 2. The molecule has 5 nitrogen and oxygen atoms in total. The van der Waals surface area contributed by atoms with E-state index in [2.05, 4.69) is 29.6 Å². The van der Waals surface area contributed by atoms with Crippen LogP contribution >= 0.6 is 11.6 Å². The SMILES string of the molecule is CCn1nc(C)c(Cl)c1CNC(C)C(=O)NCC(C)C. The summed E-state index contributed by atoms with van der Waals surface area (Å²) in [6.45, 7) is 11.9. The minimum Gasteiger partial charge on any atom is -0.354 e. The zero-order chi connectivity index (χ0) is 15.3. The van der Waals surface area contributed by atoms with Crippen LogP contribution in [0.1, 0.15) is 39.1 Å². The minimum atomic E-state index is -0.259. The van der Waals surface area contributed by atoms with Crippen molar-refractivity contribution in [3.05, 3.63) is 16.4 Å². The number of hydrogen-bond donors (Lipinski definition) is 2. The number of rotatable bonds is 7. The Hall–Kier alpha value is -1.07. The summed E-state index contributed by atoms with van der Waals surface area (Å²) in [4.78, 5) is 11.9. The lowest BCUT2D eigenvalue weighted by Gasteiger charge is -2.15. The van der Waals surface area contributed by atoms with Gasteiger partial charge in [-0.25, -0.2) is 0 Å². The first-order valence-corrected chi connectivity index (χ1v) is 7.47. The zero-order valence-electron chi connectivity index (χ0n) is 13.0. The van der Waals surface area contributed by atoms with Crippen LogP contribution in [0.5, 0.6) is 0 Å². The molecule has 0 bridgehead atoms. The normalized spacial score (nSPS) is 12.8. The number of aryl methyl sites for hydroxylation is 2. The van der Waals surface area contributed by atoms with Gasteiger partial charge >= 0.3 is 0 Å². The van der Waals surface area contributed by atoms with E-state index in [1.807, 2.05) is 25.5 Å². The van der Waals surface area contributed by atoms with E-state index in [-0.39, 0.29) is 11.9 Å². The standard InChI is InChI=1S/C14H25ClN4O/c1-6-19-12(13(15)10(4)18-19)8-16-11(5)14(20)17-7-9(2)3/h9,11,16H,6-8H2,1-5H3,(H,17,20). The molecule has 0 saturated heterocycles. The third-order valence-corrected chi connectivity index (χ3v) is 3.60. The van der Waals surface area contributed by atoms with E-state index in [0.717, 1.165) is 17.9 Å². The van der Waals surface area contributed by atoms with Crippen LogP contribution in [0.2, 0.25) is 5.02 Å². The Morgan fingerprint density at radius 1 is 1.40 bits per heavy atom. The molecule has 2 N–H and O–H groups in total. The van der Waals surface area contributed by atoms with Crippen LogP contribution < -0.4 is 10.6 Å². The summed E-state index contributed by atoms with van der Waals surface area (Å²) in [7, 11) is 0. The van der Waals surface area contributed by atoms with Crippen molar-refractivity contribution >= 4 is 17.5 Å². The number of amides is 1. The highest BCUT2D eigenvalue weighted by Crippen LogP contribution is 2.20. The Balaban J connectivity index is 2.56. The van der Waals surface area contributed by atoms with E-state index < -0.39 is 0 Å². The van der Waals surface area contributed by atoms with Crippen LogP contribution in [-0.2, 0) is 17.9 Å². The molecule has 0 saturated carbocycles. The van der Waals surface area contributed by atoms with Crippen molar-refractivity contribution in [2.24, 2.45) is 5.92 Å². The van der Waals surface area contributed by atoms with Crippen LogP contribution in [0.3, 0.4) is 0 Å². The predicted molar refractivity (Wildman–Crippen MR) is 81.8 cm³/mol. The number of carbonyl (C=O) groups excluding carboxylic acids is 1. The first kappa shape index (κ1) is 17.0. The molecule has 0 aliphatic carbocycles. The van der Waals surface area contributed by atoms with Gasteiger partial charge in [0.1, 0.15) is 0 Å². The quantitative estimate of drug-likeness (QED) is 0.811. The second kappa shape index (κ2) is 7.64. The summed E-state index contributed by atoms with van der Waals surface area (Å²) < 4.78 is 1.86. The van der Waals surface area contributed by atoms with Crippen LogP contribution in [-0.4, -0.2) is 28.3 Å². The van der Waals surface area contributed by atoms with Gasteiger partial charge in [0.2, 0.25) is 5.91 Å². The smallest absolute Gasteiger partial charge is 0.236 e. The van der Waals surface area contributed by atoms with Crippen molar-refractivity contribution < 1.29 is 4.79 Å². The fourth-order valence-corrected chi connectivity index (χ4v) is 2.04. The molecule has 0 spiro atoms. The molecule has 1 atom stereocenters. The lowest BCUT2D eigenvalue weighted by atomic mass is 10.2. The number of carbonyl (C=O) groups is 1. The monoisotopic (exact) mass is 300 g/mol. The molecule has 20 heavy (non-hydrogen) atoms. The predicted octanol–water partition coefficient (Wildman–Crippen LogP) is 2.12. The van der Waals surface area contributed by atoms with Crippen LogP contribution in [0.25, 0.3) is 0 Å². The molecule has 0 radical (unpaired) electrons. The molecule has 0 aliphatic heterocycles. The van der Waals surface area contributed by atoms with Crippen molar-refractivity contribution in [1.82, 2.24) is 20.4 Å². The highest BCUT2D eigenvalue weighted by Gasteiger charge is 2.16. The number of aromatic nitrogens is 2. The molecular weight excluding hydrogens is 276 g/mol. The van der Waals surface area contributed by atoms with Crippen molar-refractivity contribution in [2.45, 2.75) is 53.8 Å². The minimum absolute atomic E-state index is 0.00843. The largest absolute Gasteiger partial charge is 0.354 e. The van der Waals surface area contributed by atoms with Gasteiger partial charge in [0.25, 0.3) is 0 Å². The molecule has 0 aromatic carbocycles. The Morgan fingerprint density at radius 2 is 2.05 bits per heavy atom. The van der Waals surface area contributed by atoms with Gasteiger partial charge in [0, 0.05) is 19.6 Å². The molecule has 6 heteroatoms. The second-order valence-corrected chi connectivity index (χ2v) is 5.78. The molecule has 1 unspecified atom stereocenters. The highest BCUT2D eigenvalue weighted by atomic mass is 35.5. The molecule has 0 fully saturated rings. The lowest BCUT2D eigenvalue weighted by Crippen LogP contribution is -2.43. The van der Waals surface area contributed by atoms with Gasteiger partial charge in [-0.3, -0.25) is 9.48 Å². The molecule has 1 rings (SSSR count). The van der Waals surface area contributed by atoms with Crippen LogP contribution in [0.4, 0.5) is 0 Å². The number of nitrogens with zero attached hydrogens (tertiary/aromatic N) is 2. The van der Waals surface area contributed by atoms with Crippen molar-refractivity contribution in [3.63, 3.8) is 0 Å². The maximum atomic E-state index is 11.9. The van der Waals surface area contributed by atoms with E-state index in [1.54, 1.807) is 0 Å². The van der Waals surface area contributed by atoms with Gasteiger partial charge in [-0.05, 0) is 26.7 Å². The first-order valence-electron chi connectivity index (χ1n) is 7.09. The van der Waals surface area contributed by atoms with E-state index in [1.165, 1.54) is 0 Å². The summed E-state index contributed by atoms with van der Waals surface area (Å²) in [6, 6.07) is -0.259. The summed E-state index contributed by atoms with van der Waals surface area (Å²) in [5.74, 6) is 0.457. The average Bonchev–Trinajstić information content (AvgIpc) is 2.68. The van der Waals surface area contributed by atoms with E-state index in [0.29, 0.717) is 24.0 Å². The van der Waals surface area contributed by atoms with Gasteiger partial charge in [0.05, 0.1) is 22.5 Å².